The summed E-state index contributed by atoms with van der Waals surface area (Å²) < 4.78 is 16.7. The number of hydrogen-bond donors (Lipinski definition) is 1. The van der Waals surface area contributed by atoms with E-state index in [0.717, 1.165) is 16.7 Å². The third-order valence-electron chi connectivity index (χ3n) is 5.14. The fraction of sp³-hybridized carbons (Fsp3) is 0.120. The zero-order valence-electron chi connectivity index (χ0n) is 17.1. The van der Waals surface area contributed by atoms with Gasteiger partial charge in [-0.15, -0.1) is 0 Å². The van der Waals surface area contributed by atoms with Crippen LogP contribution in [0.25, 0.3) is 0 Å². The smallest absolute Gasteiger partial charge is 0.343 e. The topological polar surface area (TPSA) is 94.6 Å². The highest BCUT2D eigenvalue weighted by atomic mass is 16.5. The number of ether oxygens (including phenoxy) is 3. The molecule has 1 aliphatic heterocycles. The molecule has 0 bridgehead atoms. The molecule has 1 unspecified atom stereocenters. The van der Waals surface area contributed by atoms with Crippen LogP contribution < -0.4 is 19.9 Å². The van der Waals surface area contributed by atoms with Gasteiger partial charge in [0.25, 0.3) is 0 Å². The number of nitriles is 1. The highest BCUT2D eigenvalue weighted by Gasteiger charge is 2.32. The van der Waals surface area contributed by atoms with E-state index in [4.69, 9.17) is 19.9 Å². The van der Waals surface area contributed by atoms with Gasteiger partial charge in [-0.25, -0.2) is 4.79 Å². The molecule has 0 aromatic heterocycles. The van der Waals surface area contributed by atoms with E-state index in [1.54, 1.807) is 37.4 Å². The van der Waals surface area contributed by atoms with Gasteiger partial charge in [0.05, 0.1) is 18.6 Å². The average Bonchev–Trinajstić information content (AvgIpc) is 2.78. The summed E-state index contributed by atoms with van der Waals surface area (Å²) >= 11 is 0. The van der Waals surface area contributed by atoms with Gasteiger partial charge in [-0.1, -0.05) is 42.0 Å². The zero-order chi connectivity index (χ0) is 22.0. The third-order valence-corrected chi connectivity index (χ3v) is 5.14. The van der Waals surface area contributed by atoms with Crippen LogP contribution in [0, 0.1) is 18.3 Å². The van der Waals surface area contributed by atoms with Gasteiger partial charge < -0.3 is 19.9 Å². The molecule has 0 spiro atoms. The van der Waals surface area contributed by atoms with Crippen LogP contribution in [0.4, 0.5) is 0 Å². The van der Waals surface area contributed by atoms with E-state index < -0.39 is 11.9 Å². The third kappa shape index (κ3) is 3.81. The Morgan fingerprint density at radius 3 is 2.52 bits per heavy atom. The maximum Gasteiger partial charge on any atom is 0.343 e. The fourth-order valence-electron chi connectivity index (χ4n) is 3.58. The highest BCUT2D eigenvalue weighted by Crippen LogP contribution is 2.45. The molecule has 6 heteroatoms. The molecule has 4 rings (SSSR count). The number of para-hydroxylation sites is 1. The summed E-state index contributed by atoms with van der Waals surface area (Å²) in [5, 5.41) is 9.72. The van der Waals surface area contributed by atoms with Crippen molar-refractivity contribution >= 4 is 5.97 Å². The average molecular weight is 412 g/mol. The van der Waals surface area contributed by atoms with Gasteiger partial charge in [-0.05, 0) is 31.2 Å². The summed E-state index contributed by atoms with van der Waals surface area (Å²) in [5.74, 6) is 0.437. The first-order valence-corrected chi connectivity index (χ1v) is 9.65. The van der Waals surface area contributed by atoms with Crippen LogP contribution >= 0.6 is 0 Å². The second-order valence-corrected chi connectivity index (χ2v) is 7.12. The van der Waals surface area contributed by atoms with E-state index in [9.17, 15) is 10.1 Å². The van der Waals surface area contributed by atoms with E-state index >= 15 is 0 Å². The van der Waals surface area contributed by atoms with Crippen LogP contribution in [0.3, 0.4) is 0 Å². The molecular weight excluding hydrogens is 392 g/mol. The molecule has 0 aliphatic carbocycles. The SMILES string of the molecule is COc1ccccc1C1C(C#N)=C(N)Oc2cc(OC(=O)c3ccc(C)cc3)ccc21. The Labute approximate surface area is 180 Å². The second kappa shape index (κ2) is 8.25. The maximum absolute atomic E-state index is 12.5. The van der Waals surface area contributed by atoms with E-state index in [0.29, 0.717) is 28.4 Å². The lowest BCUT2D eigenvalue weighted by Crippen LogP contribution is -2.21. The Balaban J connectivity index is 1.71. The molecule has 1 atom stereocenters. The summed E-state index contributed by atoms with van der Waals surface area (Å²) in [6.07, 6.45) is 0. The Hall–Kier alpha value is -4.24. The number of benzene rings is 3. The van der Waals surface area contributed by atoms with Crippen molar-refractivity contribution in [3.05, 3.63) is 100 Å². The number of methoxy groups -OCH3 is 1. The lowest BCUT2D eigenvalue weighted by Gasteiger charge is -2.27. The van der Waals surface area contributed by atoms with Crippen molar-refractivity contribution in [2.75, 3.05) is 7.11 Å². The molecule has 2 N–H and O–H groups in total. The Morgan fingerprint density at radius 1 is 1.06 bits per heavy atom. The molecule has 154 valence electrons. The summed E-state index contributed by atoms with van der Waals surface area (Å²) in [5.41, 5.74) is 9.38. The molecule has 0 radical (unpaired) electrons. The molecule has 1 aliphatic rings. The molecule has 0 saturated heterocycles. The van der Waals surface area contributed by atoms with Gasteiger partial charge >= 0.3 is 5.97 Å². The maximum atomic E-state index is 12.5. The number of nitrogens with two attached hydrogens (primary N) is 1. The minimum atomic E-state index is -0.474. The van der Waals surface area contributed by atoms with Crippen LogP contribution in [-0.4, -0.2) is 13.1 Å². The van der Waals surface area contributed by atoms with E-state index in [2.05, 4.69) is 6.07 Å². The van der Waals surface area contributed by atoms with E-state index in [1.165, 1.54) is 0 Å². The Morgan fingerprint density at radius 2 is 1.81 bits per heavy atom. The quantitative estimate of drug-likeness (QED) is 0.503. The lowest BCUT2D eigenvalue weighted by molar-refractivity contribution is 0.0734. The fourth-order valence-corrected chi connectivity index (χ4v) is 3.58. The van der Waals surface area contributed by atoms with Crippen molar-refractivity contribution in [1.82, 2.24) is 0 Å². The normalized spacial score (nSPS) is 14.8. The second-order valence-electron chi connectivity index (χ2n) is 7.12. The van der Waals surface area contributed by atoms with E-state index in [-0.39, 0.29) is 5.88 Å². The van der Waals surface area contributed by atoms with Crippen LogP contribution in [0.2, 0.25) is 0 Å². The molecule has 0 fully saturated rings. The predicted molar refractivity (Wildman–Crippen MR) is 115 cm³/mol. The van der Waals surface area contributed by atoms with Crippen molar-refractivity contribution in [3.8, 4) is 23.3 Å². The van der Waals surface area contributed by atoms with Crippen molar-refractivity contribution in [1.29, 1.82) is 5.26 Å². The molecule has 3 aromatic carbocycles. The molecule has 3 aromatic rings. The number of carbonyl (C=O) groups is 1. The van der Waals surface area contributed by atoms with Gasteiger partial charge in [0, 0.05) is 17.2 Å². The van der Waals surface area contributed by atoms with Crippen molar-refractivity contribution in [2.24, 2.45) is 5.73 Å². The van der Waals surface area contributed by atoms with Crippen molar-refractivity contribution < 1.29 is 19.0 Å². The summed E-state index contributed by atoms with van der Waals surface area (Å²) in [4.78, 5) is 12.5. The highest BCUT2D eigenvalue weighted by molar-refractivity contribution is 5.91. The van der Waals surface area contributed by atoms with E-state index in [1.807, 2.05) is 43.3 Å². The number of nitrogens with zero attached hydrogens (tertiary/aromatic N) is 1. The Kier molecular flexibility index (Phi) is 5.33. The number of carbonyl (C=O) groups excluding carboxylic acids is 1. The lowest BCUT2D eigenvalue weighted by atomic mass is 9.83. The van der Waals surface area contributed by atoms with Crippen molar-refractivity contribution in [2.45, 2.75) is 12.8 Å². The number of allylic oxidation sites excluding steroid dienone is 1. The first-order chi connectivity index (χ1) is 15.0. The van der Waals surface area contributed by atoms with Gasteiger partial charge in [0.15, 0.2) is 0 Å². The molecular formula is C25H20N2O4. The van der Waals surface area contributed by atoms with Crippen LogP contribution in [0.15, 0.2) is 78.2 Å². The summed E-state index contributed by atoms with van der Waals surface area (Å²) in [7, 11) is 1.58. The minimum Gasteiger partial charge on any atom is -0.496 e. The van der Waals surface area contributed by atoms with Gasteiger partial charge in [-0.2, -0.15) is 5.26 Å². The minimum absolute atomic E-state index is 0.00733. The van der Waals surface area contributed by atoms with Gasteiger partial charge in [0.1, 0.15) is 28.9 Å². The largest absolute Gasteiger partial charge is 0.496 e. The molecule has 0 amide bonds. The number of hydrogen-bond acceptors (Lipinski definition) is 6. The predicted octanol–water partition coefficient (Wildman–Crippen LogP) is 4.44. The summed E-state index contributed by atoms with van der Waals surface area (Å²) in [6.45, 7) is 1.95. The number of esters is 1. The van der Waals surface area contributed by atoms with Crippen LogP contribution in [0.5, 0.6) is 17.2 Å². The Bertz CT molecular complexity index is 1220. The zero-order valence-corrected chi connectivity index (χ0v) is 17.1. The monoisotopic (exact) mass is 412 g/mol. The number of rotatable bonds is 4. The first-order valence-electron chi connectivity index (χ1n) is 9.65. The molecule has 31 heavy (non-hydrogen) atoms. The molecule has 6 nitrogen and oxygen atoms in total. The molecule has 1 heterocycles. The first kappa shape index (κ1) is 20.0. The van der Waals surface area contributed by atoms with Gasteiger partial charge in [0.2, 0.25) is 5.88 Å². The van der Waals surface area contributed by atoms with Crippen LogP contribution in [0.1, 0.15) is 33.0 Å². The van der Waals surface area contributed by atoms with Crippen molar-refractivity contribution in [3.63, 3.8) is 0 Å². The number of fused-ring (bicyclic) bond motifs is 1. The van der Waals surface area contributed by atoms with Crippen LogP contribution in [-0.2, 0) is 0 Å². The standard InChI is InChI=1S/C25H20N2O4/c1-15-7-9-16(10-8-15)25(28)30-17-11-12-19-22(13-17)31-24(27)20(14-26)23(19)18-5-3-4-6-21(18)29-2/h3-13,23H,27H2,1-2H3. The number of aryl methyl sites for hydroxylation is 1. The molecule has 0 saturated carbocycles. The summed E-state index contributed by atoms with van der Waals surface area (Å²) in [6, 6.07) is 21.8. The van der Waals surface area contributed by atoms with Gasteiger partial charge in [-0.3, -0.25) is 0 Å².